The van der Waals surface area contributed by atoms with E-state index >= 15 is 0 Å². The maximum atomic E-state index is 12.0. The van der Waals surface area contributed by atoms with Gasteiger partial charge in [-0.3, -0.25) is 0 Å². The number of rotatable bonds is 2. The highest BCUT2D eigenvalue weighted by molar-refractivity contribution is 5.63. The monoisotopic (exact) mass is 270 g/mol. The summed E-state index contributed by atoms with van der Waals surface area (Å²) in [7, 11) is 0. The molecule has 0 spiro atoms. The molecule has 0 radical (unpaired) electrons. The second-order valence-corrected chi connectivity index (χ2v) is 3.85. The van der Waals surface area contributed by atoms with Crippen LogP contribution in [0.4, 0.5) is 13.2 Å². The molecule has 100 valence electrons. The lowest BCUT2D eigenvalue weighted by atomic mass is 10.1. The van der Waals surface area contributed by atoms with E-state index in [0.717, 1.165) is 0 Å². The van der Waals surface area contributed by atoms with Gasteiger partial charge in [0.25, 0.3) is 0 Å². The highest BCUT2D eigenvalue weighted by atomic mass is 19.4. The fourth-order valence-corrected chi connectivity index (χ4v) is 1.62. The van der Waals surface area contributed by atoms with E-state index < -0.39 is 12.0 Å². The Morgan fingerprint density at radius 2 is 1.68 bits per heavy atom. The first-order valence-corrected chi connectivity index (χ1v) is 5.31. The van der Waals surface area contributed by atoms with Crippen LogP contribution in [0.5, 0.6) is 5.75 Å². The molecule has 0 fully saturated rings. The molecule has 0 aliphatic carbocycles. The molecule has 0 bridgehead atoms. The first kappa shape index (κ1) is 13.2. The second-order valence-electron chi connectivity index (χ2n) is 3.85. The maximum Gasteiger partial charge on any atom is 0.573 e. The van der Waals surface area contributed by atoms with Crippen molar-refractivity contribution in [3.63, 3.8) is 0 Å². The Balaban J connectivity index is 2.30. The van der Waals surface area contributed by atoms with Gasteiger partial charge in [0.1, 0.15) is 11.5 Å². The van der Waals surface area contributed by atoms with E-state index in [9.17, 15) is 18.0 Å². The molecule has 1 aromatic carbocycles. The molecule has 0 saturated carbocycles. The summed E-state index contributed by atoms with van der Waals surface area (Å²) < 4.78 is 44.5. The van der Waals surface area contributed by atoms with Crippen LogP contribution in [-0.2, 0) is 0 Å². The maximum absolute atomic E-state index is 12.0. The summed E-state index contributed by atoms with van der Waals surface area (Å²) in [4.78, 5) is 11.2. The van der Waals surface area contributed by atoms with Gasteiger partial charge in [0, 0.05) is 6.07 Å². The van der Waals surface area contributed by atoms with E-state index in [1.165, 1.54) is 30.3 Å². The Labute approximate surface area is 106 Å². The van der Waals surface area contributed by atoms with Crippen molar-refractivity contribution in [1.82, 2.24) is 0 Å². The van der Waals surface area contributed by atoms with Gasteiger partial charge in [0.05, 0.1) is 0 Å². The van der Waals surface area contributed by atoms with Gasteiger partial charge in [0.15, 0.2) is 0 Å². The minimum Gasteiger partial charge on any atom is -0.428 e. The average molecular weight is 270 g/mol. The standard InChI is InChI=1S/C13H9F3O3/c1-8-6-10(7-12(17)18-8)9-2-4-11(5-3-9)19-13(14,15)16/h2-7H,1H3. The summed E-state index contributed by atoms with van der Waals surface area (Å²) in [5, 5.41) is 0. The van der Waals surface area contributed by atoms with Crippen LogP contribution < -0.4 is 10.4 Å². The average Bonchev–Trinajstić information content (AvgIpc) is 2.26. The van der Waals surface area contributed by atoms with Crippen LogP contribution in [0.1, 0.15) is 5.76 Å². The van der Waals surface area contributed by atoms with Gasteiger partial charge in [-0.1, -0.05) is 12.1 Å². The number of hydrogen-bond donors (Lipinski definition) is 0. The van der Waals surface area contributed by atoms with Gasteiger partial charge in [-0.2, -0.15) is 0 Å². The molecule has 1 heterocycles. The normalized spacial score (nSPS) is 11.4. The van der Waals surface area contributed by atoms with Crippen LogP contribution in [0.25, 0.3) is 11.1 Å². The molecule has 19 heavy (non-hydrogen) atoms. The van der Waals surface area contributed by atoms with Gasteiger partial charge in [0.2, 0.25) is 0 Å². The summed E-state index contributed by atoms with van der Waals surface area (Å²) in [5.74, 6) is 0.119. The minimum absolute atomic E-state index is 0.309. The van der Waals surface area contributed by atoms with Crippen molar-refractivity contribution in [3.05, 3.63) is 52.6 Å². The van der Waals surface area contributed by atoms with E-state index in [-0.39, 0.29) is 5.75 Å². The summed E-state index contributed by atoms with van der Waals surface area (Å²) in [5.41, 5.74) is 0.670. The Kier molecular flexibility index (Phi) is 3.33. The molecule has 0 saturated heterocycles. The molecule has 0 atom stereocenters. The third-order valence-electron chi connectivity index (χ3n) is 2.31. The van der Waals surface area contributed by atoms with Crippen LogP contribution in [0.2, 0.25) is 0 Å². The lowest BCUT2D eigenvalue weighted by Crippen LogP contribution is -2.16. The number of benzene rings is 1. The number of ether oxygens (including phenoxy) is 1. The van der Waals surface area contributed by atoms with Gasteiger partial charge in [-0.15, -0.1) is 13.2 Å². The first-order chi connectivity index (χ1) is 8.83. The smallest absolute Gasteiger partial charge is 0.428 e. The molecule has 0 amide bonds. The molecule has 3 nitrogen and oxygen atoms in total. The SMILES string of the molecule is Cc1cc(-c2ccc(OC(F)(F)F)cc2)cc(=O)o1. The quantitative estimate of drug-likeness (QED) is 0.838. The molecule has 0 aliphatic rings. The van der Waals surface area contributed by atoms with Gasteiger partial charge in [-0.05, 0) is 36.2 Å². The molecule has 0 unspecified atom stereocenters. The second kappa shape index (κ2) is 4.79. The zero-order valence-electron chi connectivity index (χ0n) is 9.82. The Morgan fingerprint density at radius 3 is 2.21 bits per heavy atom. The minimum atomic E-state index is -4.72. The molecule has 1 aromatic heterocycles. The van der Waals surface area contributed by atoms with E-state index in [1.54, 1.807) is 13.0 Å². The number of aryl methyl sites for hydroxylation is 1. The lowest BCUT2D eigenvalue weighted by molar-refractivity contribution is -0.274. The van der Waals surface area contributed by atoms with Crippen LogP contribution in [0, 0.1) is 6.92 Å². The van der Waals surface area contributed by atoms with Gasteiger partial charge >= 0.3 is 12.0 Å². The fourth-order valence-electron chi connectivity index (χ4n) is 1.62. The molecule has 0 aliphatic heterocycles. The molecule has 6 heteroatoms. The van der Waals surface area contributed by atoms with E-state index in [0.29, 0.717) is 16.9 Å². The van der Waals surface area contributed by atoms with E-state index in [4.69, 9.17) is 4.42 Å². The predicted molar refractivity (Wildman–Crippen MR) is 61.8 cm³/mol. The van der Waals surface area contributed by atoms with E-state index in [1.807, 2.05) is 0 Å². The van der Waals surface area contributed by atoms with Crippen LogP contribution in [0.3, 0.4) is 0 Å². The largest absolute Gasteiger partial charge is 0.573 e. The highest BCUT2D eigenvalue weighted by Gasteiger charge is 2.30. The third-order valence-corrected chi connectivity index (χ3v) is 2.31. The summed E-state index contributed by atoms with van der Waals surface area (Å²) in [6, 6.07) is 8.15. The zero-order valence-corrected chi connectivity index (χ0v) is 9.82. The lowest BCUT2D eigenvalue weighted by Gasteiger charge is -2.09. The highest BCUT2D eigenvalue weighted by Crippen LogP contribution is 2.26. The number of alkyl halides is 3. The topological polar surface area (TPSA) is 39.4 Å². The zero-order chi connectivity index (χ0) is 14.0. The van der Waals surface area contributed by atoms with Crippen molar-refractivity contribution in [3.8, 4) is 16.9 Å². The first-order valence-electron chi connectivity index (χ1n) is 5.31. The third kappa shape index (κ3) is 3.61. The van der Waals surface area contributed by atoms with E-state index in [2.05, 4.69) is 4.74 Å². The van der Waals surface area contributed by atoms with Crippen molar-refractivity contribution in [2.24, 2.45) is 0 Å². The summed E-state index contributed by atoms with van der Waals surface area (Å²) in [6.45, 7) is 1.62. The summed E-state index contributed by atoms with van der Waals surface area (Å²) >= 11 is 0. The van der Waals surface area contributed by atoms with Crippen LogP contribution in [-0.4, -0.2) is 6.36 Å². The Bertz CT molecular complexity index is 627. The van der Waals surface area contributed by atoms with Crippen molar-refractivity contribution >= 4 is 0 Å². The summed E-state index contributed by atoms with van der Waals surface area (Å²) in [6.07, 6.45) is -4.72. The van der Waals surface area contributed by atoms with Gasteiger partial charge in [-0.25, -0.2) is 4.79 Å². The van der Waals surface area contributed by atoms with Gasteiger partial charge < -0.3 is 9.15 Å². The van der Waals surface area contributed by atoms with Crippen LogP contribution in [0.15, 0.2) is 45.6 Å². The van der Waals surface area contributed by atoms with Crippen molar-refractivity contribution in [1.29, 1.82) is 0 Å². The molecule has 2 aromatic rings. The van der Waals surface area contributed by atoms with Crippen molar-refractivity contribution in [2.45, 2.75) is 13.3 Å². The molecular weight excluding hydrogens is 261 g/mol. The van der Waals surface area contributed by atoms with Crippen molar-refractivity contribution < 1.29 is 22.3 Å². The van der Waals surface area contributed by atoms with Crippen LogP contribution >= 0.6 is 0 Å². The van der Waals surface area contributed by atoms with Crippen molar-refractivity contribution in [2.75, 3.05) is 0 Å². The Hall–Kier alpha value is -2.24. The number of hydrogen-bond acceptors (Lipinski definition) is 3. The molecule has 0 N–H and O–H groups in total. The Morgan fingerprint density at radius 1 is 1.05 bits per heavy atom. The fraction of sp³-hybridized carbons (Fsp3) is 0.154. The predicted octanol–water partition coefficient (Wildman–Crippen LogP) is 3.51. The number of halogens is 3. The molecular formula is C13H9F3O3. The molecule has 2 rings (SSSR count).